The second-order valence-corrected chi connectivity index (χ2v) is 9.88. The van der Waals surface area contributed by atoms with Crippen LogP contribution < -0.4 is 11.1 Å². The molecule has 9 nitrogen and oxygen atoms in total. The SMILES string of the molecule is NC(=O)c1cccc(C(=O)N2CC3CCCC(NC(=O)C4CC(N5CC(O)C5)C4)C3C2)n1. The van der Waals surface area contributed by atoms with E-state index in [1.807, 2.05) is 4.90 Å². The molecule has 0 aromatic carbocycles. The zero-order valence-corrected chi connectivity index (χ0v) is 18.2. The quantitative estimate of drug-likeness (QED) is 0.590. The minimum Gasteiger partial charge on any atom is -0.390 e. The van der Waals surface area contributed by atoms with Gasteiger partial charge in [0.05, 0.1) is 6.10 Å². The number of carbonyl (C=O) groups is 3. The first-order chi connectivity index (χ1) is 15.4. The van der Waals surface area contributed by atoms with Gasteiger partial charge in [0.25, 0.3) is 11.8 Å². The van der Waals surface area contributed by atoms with Gasteiger partial charge in [0.15, 0.2) is 0 Å². The smallest absolute Gasteiger partial charge is 0.272 e. The Bertz CT molecular complexity index is 911. The lowest BCUT2D eigenvalue weighted by Gasteiger charge is -2.49. The van der Waals surface area contributed by atoms with Crippen LogP contribution in [0.3, 0.4) is 0 Å². The fourth-order valence-corrected chi connectivity index (χ4v) is 5.86. The van der Waals surface area contributed by atoms with Gasteiger partial charge in [0.1, 0.15) is 11.4 Å². The minimum absolute atomic E-state index is 0.0537. The number of aromatic nitrogens is 1. The number of β-amino-alcohol motifs (C(OH)–C–C–N with tert-alkyl or cyclic N) is 1. The predicted octanol–water partition coefficient (Wildman–Crippen LogP) is -0.00750. The van der Waals surface area contributed by atoms with Gasteiger partial charge in [-0.3, -0.25) is 19.3 Å². The standard InChI is InChI=1S/C23H31N5O4/c24-21(30)19-5-2-6-20(25-19)23(32)28-9-13-3-1-4-18(17(13)12-28)26-22(31)14-7-15(8-14)27-10-16(29)11-27/h2,5-6,13-18,29H,1,3-4,7-12H2,(H2,24,30)(H,26,31). The first-order valence-corrected chi connectivity index (χ1v) is 11.7. The molecule has 5 rings (SSSR count). The Labute approximate surface area is 187 Å². The molecule has 2 aliphatic carbocycles. The molecular formula is C23H31N5O4. The van der Waals surface area contributed by atoms with E-state index < -0.39 is 5.91 Å². The van der Waals surface area contributed by atoms with Crippen molar-refractivity contribution in [1.29, 1.82) is 0 Å². The molecular weight excluding hydrogens is 410 g/mol. The van der Waals surface area contributed by atoms with E-state index in [1.165, 1.54) is 6.07 Å². The van der Waals surface area contributed by atoms with Crippen LogP contribution in [0.25, 0.3) is 0 Å². The van der Waals surface area contributed by atoms with E-state index in [1.54, 1.807) is 12.1 Å². The van der Waals surface area contributed by atoms with Crippen LogP contribution in [0.4, 0.5) is 0 Å². The van der Waals surface area contributed by atoms with Gasteiger partial charge in [0, 0.05) is 50.1 Å². The highest BCUT2D eigenvalue weighted by molar-refractivity contribution is 5.95. The van der Waals surface area contributed by atoms with Crippen molar-refractivity contribution in [2.24, 2.45) is 23.5 Å². The molecule has 2 aliphatic heterocycles. The first-order valence-electron chi connectivity index (χ1n) is 11.7. The van der Waals surface area contributed by atoms with E-state index in [2.05, 4.69) is 15.2 Å². The van der Waals surface area contributed by atoms with Gasteiger partial charge in [-0.1, -0.05) is 12.5 Å². The summed E-state index contributed by atoms with van der Waals surface area (Å²) in [6.07, 6.45) is 4.57. The summed E-state index contributed by atoms with van der Waals surface area (Å²) in [5.41, 5.74) is 5.62. The lowest BCUT2D eigenvalue weighted by molar-refractivity contribution is -0.134. The number of amides is 3. The Kier molecular flexibility index (Phi) is 5.63. The minimum atomic E-state index is -0.652. The molecule has 9 heteroatoms. The summed E-state index contributed by atoms with van der Waals surface area (Å²) in [5, 5.41) is 12.8. The maximum atomic E-state index is 13.0. The summed E-state index contributed by atoms with van der Waals surface area (Å²) in [6.45, 7) is 2.70. The molecule has 0 spiro atoms. The summed E-state index contributed by atoms with van der Waals surface area (Å²) >= 11 is 0. The molecule has 2 saturated carbocycles. The lowest BCUT2D eigenvalue weighted by Crippen LogP contribution is -2.61. The molecule has 3 heterocycles. The Morgan fingerprint density at radius 1 is 1.06 bits per heavy atom. The summed E-state index contributed by atoms with van der Waals surface area (Å²) < 4.78 is 0. The first kappa shape index (κ1) is 21.3. The summed E-state index contributed by atoms with van der Waals surface area (Å²) in [4.78, 5) is 45.5. The third-order valence-corrected chi connectivity index (χ3v) is 7.82. The molecule has 3 amide bonds. The van der Waals surface area contributed by atoms with Crippen LogP contribution in [-0.2, 0) is 4.79 Å². The Morgan fingerprint density at radius 3 is 2.53 bits per heavy atom. The molecule has 4 fully saturated rings. The molecule has 172 valence electrons. The van der Waals surface area contributed by atoms with E-state index in [9.17, 15) is 19.5 Å². The van der Waals surface area contributed by atoms with E-state index in [4.69, 9.17) is 5.73 Å². The summed E-state index contributed by atoms with van der Waals surface area (Å²) in [5.74, 6) is -0.0369. The largest absolute Gasteiger partial charge is 0.390 e. The van der Waals surface area contributed by atoms with Crippen molar-refractivity contribution >= 4 is 17.7 Å². The Balaban J connectivity index is 1.17. The van der Waals surface area contributed by atoms with Gasteiger partial charge in [-0.15, -0.1) is 0 Å². The number of fused-ring (bicyclic) bond motifs is 1. The third-order valence-electron chi connectivity index (χ3n) is 7.82. The van der Waals surface area contributed by atoms with Crippen LogP contribution in [0.2, 0.25) is 0 Å². The van der Waals surface area contributed by atoms with Gasteiger partial charge >= 0.3 is 0 Å². The number of aliphatic hydroxyl groups excluding tert-OH is 1. The normalized spacial score (nSPS) is 32.5. The molecule has 4 N–H and O–H groups in total. The number of likely N-dealkylation sites (tertiary alicyclic amines) is 2. The van der Waals surface area contributed by atoms with Gasteiger partial charge in [-0.25, -0.2) is 4.98 Å². The highest BCUT2D eigenvalue weighted by Gasteiger charge is 2.45. The van der Waals surface area contributed by atoms with Crippen molar-refractivity contribution in [3.8, 4) is 0 Å². The van der Waals surface area contributed by atoms with Crippen molar-refractivity contribution in [3.63, 3.8) is 0 Å². The molecule has 0 radical (unpaired) electrons. The number of rotatable bonds is 5. The Morgan fingerprint density at radius 2 is 1.81 bits per heavy atom. The topological polar surface area (TPSA) is 129 Å². The average molecular weight is 442 g/mol. The maximum absolute atomic E-state index is 13.0. The van der Waals surface area contributed by atoms with Crippen molar-refractivity contribution in [2.75, 3.05) is 26.2 Å². The summed E-state index contributed by atoms with van der Waals surface area (Å²) in [7, 11) is 0. The molecule has 4 aliphatic rings. The van der Waals surface area contributed by atoms with Crippen LogP contribution >= 0.6 is 0 Å². The van der Waals surface area contributed by atoms with Crippen LogP contribution in [0, 0.1) is 17.8 Å². The summed E-state index contributed by atoms with van der Waals surface area (Å²) in [6, 6.07) is 5.26. The fourth-order valence-electron chi connectivity index (χ4n) is 5.86. The highest BCUT2D eigenvalue weighted by atomic mass is 16.3. The number of pyridine rings is 1. The number of nitrogens with zero attached hydrogens (tertiary/aromatic N) is 3. The van der Waals surface area contributed by atoms with E-state index >= 15 is 0 Å². The molecule has 3 atom stereocenters. The van der Waals surface area contributed by atoms with Crippen LogP contribution in [0.15, 0.2) is 18.2 Å². The van der Waals surface area contributed by atoms with Gasteiger partial charge < -0.3 is 21.1 Å². The van der Waals surface area contributed by atoms with Crippen molar-refractivity contribution in [3.05, 3.63) is 29.6 Å². The van der Waals surface area contributed by atoms with Crippen LogP contribution in [0.1, 0.15) is 53.1 Å². The third kappa shape index (κ3) is 3.99. The maximum Gasteiger partial charge on any atom is 0.272 e. The van der Waals surface area contributed by atoms with Crippen LogP contribution in [0.5, 0.6) is 0 Å². The highest BCUT2D eigenvalue weighted by Crippen LogP contribution is 2.38. The number of nitrogens with two attached hydrogens (primary N) is 1. The number of aliphatic hydroxyl groups is 1. The van der Waals surface area contributed by atoms with Gasteiger partial charge in [-0.05, 0) is 43.7 Å². The number of primary amides is 1. The van der Waals surface area contributed by atoms with E-state index in [0.29, 0.717) is 25.0 Å². The number of hydrogen-bond acceptors (Lipinski definition) is 6. The Hall–Kier alpha value is -2.52. The number of nitrogens with one attached hydrogen (secondary N) is 1. The fraction of sp³-hybridized carbons (Fsp3) is 0.652. The molecule has 1 aromatic rings. The molecule has 0 bridgehead atoms. The van der Waals surface area contributed by atoms with Crippen molar-refractivity contribution in [1.82, 2.24) is 20.1 Å². The lowest BCUT2D eigenvalue weighted by atomic mass is 9.75. The molecule has 2 saturated heterocycles. The second kappa shape index (κ2) is 8.44. The van der Waals surface area contributed by atoms with E-state index in [0.717, 1.165) is 45.2 Å². The van der Waals surface area contributed by atoms with Crippen LogP contribution in [-0.4, -0.2) is 82.0 Å². The zero-order chi connectivity index (χ0) is 22.4. The molecule has 3 unspecified atom stereocenters. The van der Waals surface area contributed by atoms with Gasteiger partial charge in [-0.2, -0.15) is 0 Å². The van der Waals surface area contributed by atoms with Gasteiger partial charge in [0.2, 0.25) is 5.91 Å². The zero-order valence-electron chi connectivity index (χ0n) is 18.2. The van der Waals surface area contributed by atoms with Crippen molar-refractivity contribution in [2.45, 2.75) is 50.3 Å². The monoisotopic (exact) mass is 441 g/mol. The number of carbonyl (C=O) groups excluding carboxylic acids is 3. The second-order valence-electron chi connectivity index (χ2n) is 9.88. The number of hydrogen-bond donors (Lipinski definition) is 3. The molecule has 1 aromatic heterocycles. The molecule has 32 heavy (non-hydrogen) atoms. The predicted molar refractivity (Wildman–Crippen MR) is 116 cm³/mol. The van der Waals surface area contributed by atoms with E-state index in [-0.39, 0.29) is 47.2 Å². The average Bonchev–Trinajstić information content (AvgIpc) is 3.16. The van der Waals surface area contributed by atoms with Crippen molar-refractivity contribution < 1.29 is 19.5 Å².